The van der Waals surface area contributed by atoms with E-state index in [-0.39, 0.29) is 69.2 Å². The van der Waals surface area contributed by atoms with Gasteiger partial charge in [-0.05, 0) is 102 Å². The second kappa shape index (κ2) is 24.6. The van der Waals surface area contributed by atoms with Gasteiger partial charge >= 0.3 is 18.5 Å². The van der Waals surface area contributed by atoms with Gasteiger partial charge in [0.25, 0.3) is 17.7 Å². The van der Waals surface area contributed by atoms with Gasteiger partial charge < -0.3 is 38.3 Å². The smallest absolute Gasteiger partial charge is 0.384 e. The van der Waals surface area contributed by atoms with Crippen molar-refractivity contribution in [2.24, 2.45) is 17.8 Å². The second-order valence-corrected chi connectivity index (χ2v) is 21.8. The summed E-state index contributed by atoms with van der Waals surface area (Å²) in [5.74, 6) is -3.96. The third-order valence-corrected chi connectivity index (χ3v) is 16.4. The molecule has 4 amide bonds. The van der Waals surface area contributed by atoms with E-state index in [2.05, 4.69) is 40.4 Å². The van der Waals surface area contributed by atoms with Crippen LogP contribution in [0, 0.1) is 49.9 Å². The van der Waals surface area contributed by atoms with Crippen molar-refractivity contribution in [1.82, 2.24) is 35.5 Å². The molecule has 16 nitrogen and oxygen atoms in total. The van der Waals surface area contributed by atoms with Gasteiger partial charge in [-0.2, -0.15) is 44.8 Å². The predicted octanol–water partition coefficient (Wildman–Crippen LogP) is 11.7. The molecule has 3 aliphatic rings. The van der Waals surface area contributed by atoms with Crippen molar-refractivity contribution >= 4 is 57.6 Å². The number of halogens is 9. The number of nitriles is 1. The van der Waals surface area contributed by atoms with Gasteiger partial charge in [0.2, 0.25) is 23.2 Å². The number of hydrogen-bond acceptors (Lipinski definition) is 15. The number of rotatable bonds is 9. The maximum Gasteiger partial charge on any atom is 0.452 e. The number of likely N-dealkylation sites (tertiary alicyclic amines) is 3. The highest BCUT2D eigenvalue weighted by atomic mass is 32.1. The van der Waals surface area contributed by atoms with Crippen LogP contribution >= 0.6 is 34.0 Å². The van der Waals surface area contributed by atoms with Gasteiger partial charge in [0, 0.05) is 76.0 Å². The number of piperidine rings is 3. The van der Waals surface area contributed by atoms with Crippen molar-refractivity contribution in [1.29, 1.82) is 5.26 Å². The fraction of sp³-hybridized carbons (Fsp3) is 0.480. The minimum atomic E-state index is -4.62. The first-order valence-electron chi connectivity index (χ1n) is 24.2. The number of methoxy groups -OCH3 is 1. The average molecular weight is 1160 g/mol. The Morgan fingerprint density at radius 2 is 1.00 bits per heavy atom. The Kier molecular flexibility index (Phi) is 18.7. The SMILES string of the molecule is CNC(=O)C1CCCN(C(=O)c2ccc(-c3noc(C(F)(F)F)c3C)s2)C1.COCC1CCCN(C(=O)c2ccc(-c3noc(C(F)(F)F)c3C)s2)C1.Cc1c(-c2ccc(C(=O)N3CCC(C#N)CC3)s2)noc1C(F)(F)F. The van der Waals surface area contributed by atoms with Crippen LogP contribution in [0.25, 0.3) is 31.7 Å². The van der Waals surface area contributed by atoms with E-state index in [4.69, 9.17) is 10.00 Å². The highest BCUT2D eigenvalue weighted by molar-refractivity contribution is 7.18. The first kappa shape index (κ1) is 59.1. The minimum Gasteiger partial charge on any atom is -0.384 e. The quantitative estimate of drug-likeness (QED) is 0.134. The molecule has 0 aliphatic carbocycles. The maximum atomic E-state index is 12.9. The summed E-state index contributed by atoms with van der Waals surface area (Å²) >= 11 is 3.27. The third kappa shape index (κ3) is 13.6. The molecule has 6 aromatic heterocycles. The van der Waals surface area contributed by atoms with E-state index in [0.717, 1.165) is 59.7 Å². The third-order valence-electron chi connectivity index (χ3n) is 13.2. The molecule has 0 saturated carbocycles. The zero-order valence-corrected chi connectivity index (χ0v) is 44.9. The minimum absolute atomic E-state index is 0.0264. The zero-order valence-electron chi connectivity index (χ0n) is 42.4. The molecule has 0 spiro atoms. The molecule has 9 heterocycles. The van der Waals surface area contributed by atoms with Gasteiger partial charge in [-0.3, -0.25) is 19.2 Å². The van der Waals surface area contributed by atoms with E-state index in [1.807, 2.05) is 0 Å². The lowest BCUT2D eigenvalue weighted by atomic mass is 9.97. The topological polar surface area (TPSA) is 201 Å². The van der Waals surface area contributed by atoms with Gasteiger partial charge in [0.15, 0.2) is 0 Å². The zero-order chi connectivity index (χ0) is 56.9. The number of nitrogens with zero attached hydrogens (tertiary/aromatic N) is 7. The number of amides is 4. The van der Waals surface area contributed by atoms with Crippen LogP contribution in [-0.4, -0.2) is 114 Å². The molecule has 28 heteroatoms. The van der Waals surface area contributed by atoms with Crippen molar-refractivity contribution in [3.8, 4) is 37.8 Å². The van der Waals surface area contributed by atoms with Crippen molar-refractivity contribution < 1.29 is 77.0 Å². The average Bonchev–Trinajstić information content (AvgIpc) is 4.29. The van der Waals surface area contributed by atoms with Crippen molar-refractivity contribution in [3.05, 3.63) is 85.0 Å². The molecule has 6 aromatic rings. The molecule has 0 aromatic carbocycles. The van der Waals surface area contributed by atoms with Gasteiger partial charge in [0.1, 0.15) is 17.1 Å². The first-order chi connectivity index (χ1) is 36.8. The van der Waals surface area contributed by atoms with Crippen LogP contribution in [0.1, 0.15) is 102 Å². The van der Waals surface area contributed by atoms with E-state index in [1.54, 1.807) is 65.3 Å². The molecule has 0 bridgehead atoms. The molecule has 1 N–H and O–H groups in total. The van der Waals surface area contributed by atoms with Gasteiger partial charge in [-0.15, -0.1) is 34.0 Å². The normalized spacial score (nSPS) is 17.4. The maximum absolute atomic E-state index is 12.9. The van der Waals surface area contributed by atoms with Crippen molar-refractivity contribution in [3.63, 3.8) is 0 Å². The molecule has 2 unspecified atom stereocenters. The van der Waals surface area contributed by atoms with E-state index < -0.39 is 35.8 Å². The Hall–Kier alpha value is -6.57. The summed E-state index contributed by atoms with van der Waals surface area (Å²) in [6.07, 6.45) is -9.16. The van der Waals surface area contributed by atoms with Crippen LogP contribution in [0.2, 0.25) is 0 Å². The van der Waals surface area contributed by atoms with E-state index >= 15 is 0 Å². The lowest BCUT2D eigenvalue weighted by Gasteiger charge is -2.32. The molecule has 3 aliphatic heterocycles. The van der Waals surface area contributed by atoms with Gasteiger partial charge in [-0.1, -0.05) is 15.5 Å². The van der Waals surface area contributed by atoms with Crippen LogP contribution in [0.3, 0.4) is 0 Å². The molecule has 420 valence electrons. The Bertz CT molecular complexity index is 3120. The molecule has 3 saturated heterocycles. The van der Waals surface area contributed by atoms with E-state index in [0.29, 0.717) is 93.9 Å². The number of ether oxygens (including phenoxy) is 1. The highest BCUT2D eigenvalue weighted by Crippen LogP contribution is 2.42. The summed E-state index contributed by atoms with van der Waals surface area (Å²) < 4.78 is 134. The fourth-order valence-corrected chi connectivity index (χ4v) is 12.1. The number of alkyl halides is 9. The number of hydrogen-bond donors (Lipinski definition) is 1. The van der Waals surface area contributed by atoms with Crippen molar-refractivity contribution in [2.75, 3.05) is 60.0 Å². The lowest BCUT2D eigenvalue weighted by molar-refractivity contribution is -0.156. The molecule has 0 radical (unpaired) electrons. The van der Waals surface area contributed by atoms with Gasteiger partial charge in [0.05, 0.1) is 47.9 Å². The largest absolute Gasteiger partial charge is 0.452 e. The van der Waals surface area contributed by atoms with Crippen LogP contribution in [-0.2, 0) is 28.1 Å². The van der Waals surface area contributed by atoms with E-state index in [1.165, 1.54) is 20.8 Å². The van der Waals surface area contributed by atoms with Crippen LogP contribution in [0.4, 0.5) is 39.5 Å². The highest BCUT2D eigenvalue weighted by Gasteiger charge is 2.42. The summed E-state index contributed by atoms with van der Waals surface area (Å²) in [5.41, 5.74) is 0.0192. The standard InChI is InChI=1S/C17H18F3N3O3S.C17H19F3N2O3S.C16H14F3N3O2S/c1-9-13(22-26-14(9)17(18,19)20)11-5-6-12(27-11)16(25)23-7-3-4-10(8-23)15(24)21-2;1-10-14(21-25-15(10)17(18,19)20)12-5-6-13(26-12)16(23)22-7-3-4-11(8-22)9-24-2;1-9-13(21-24-14(9)16(17,18)19)11-2-3-12(25-11)15(23)22-6-4-10(8-20)5-7-22/h5-6,10H,3-4,7-8H2,1-2H3,(H,21,24);5-6,11H,3-4,7-9H2,1-2H3;2-3,10H,4-7H2,1H3. The summed E-state index contributed by atoms with van der Waals surface area (Å²) in [5, 5.41) is 22.1. The Labute approximate surface area is 452 Å². The summed E-state index contributed by atoms with van der Waals surface area (Å²) in [4.78, 5) is 57.5. The molecular weight excluding hydrogens is 1110 g/mol. The Balaban J connectivity index is 0.000000170. The Morgan fingerprint density at radius 3 is 1.36 bits per heavy atom. The monoisotopic (exact) mass is 1160 g/mol. The number of carbonyl (C=O) groups is 4. The summed E-state index contributed by atoms with van der Waals surface area (Å²) in [6.45, 7) is 7.68. The molecular formula is C50H51F9N8O8S3. The molecule has 2 atom stereocenters. The van der Waals surface area contributed by atoms with Gasteiger partial charge in [-0.25, -0.2) is 0 Å². The van der Waals surface area contributed by atoms with Crippen LogP contribution in [0.15, 0.2) is 50.0 Å². The second-order valence-electron chi connectivity index (χ2n) is 18.6. The van der Waals surface area contributed by atoms with Crippen LogP contribution in [0.5, 0.6) is 0 Å². The van der Waals surface area contributed by atoms with Crippen molar-refractivity contribution in [2.45, 2.75) is 77.8 Å². The number of nitrogens with one attached hydrogen (secondary N) is 1. The predicted molar refractivity (Wildman–Crippen MR) is 266 cm³/mol. The summed E-state index contributed by atoms with van der Waals surface area (Å²) in [7, 11) is 3.20. The van der Waals surface area contributed by atoms with E-state index in [9.17, 15) is 58.7 Å². The molecule has 3 fully saturated rings. The molecule has 78 heavy (non-hydrogen) atoms. The fourth-order valence-electron chi connectivity index (χ4n) is 9.11. The number of thiophene rings is 3. The Morgan fingerprint density at radius 1 is 0.615 bits per heavy atom. The number of aromatic nitrogens is 3. The summed E-state index contributed by atoms with van der Waals surface area (Å²) in [6, 6.07) is 11.7. The first-order valence-corrected chi connectivity index (χ1v) is 26.7. The molecule has 9 rings (SSSR count). The lowest BCUT2D eigenvalue weighted by Crippen LogP contribution is -2.44. The van der Waals surface area contributed by atoms with Crippen LogP contribution < -0.4 is 5.32 Å². The number of carbonyl (C=O) groups excluding carboxylic acids is 4.